The van der Waals surface area contributed by atoms with E-state index in [1.807, 2.05) is 0 Å². The molecule has 0 N–H and O–H groups in total. The van der Waals surface area contributed by atoms with Crippen LogP contribution in [-0.2, 0) is 0 Å². The van der Waals surface area contributed by atoms with E-state index in [4.69, 9.17) is 4.74 Å². The molecule has 0 amide bonds. The van der Waals surface area contributed by atoms with E-state index in [-0.39, 0.29) is 0 Å². The van der Waals surface area contributed by atoms with Crippen LogP contribution in [0.15, 0.2) is 31.0 Å². The molecule has 0 aliphatic heterocycles. The monoisotopic (exact) mass is 118 g/mol. The third kappa shape index (κ3) is 1.61. The van der Waals surface area contributed by atoms with E-state index in [0.717, 1.165) is 0 Å². The molecule has 1 heteroatoms. The summed E-state index contributed by atoms with van der Waals surface area (Å²) >= 11 is 0. The molecule has 0 atom stereocenters. The summed E-state index contributed by atoms with van der Waals surface area (Å²) in [6, 6.07) is 10.9. The van der Waals surface area contributed by atoms with E-state index < -0.39 is 0 Å². The summed E-state index contributed by atoms with van der Waals surface area (Å²) in [6.45, 7) is 3.40. The third-order valence-electron chi connectivity index (χ3n) is 0.830. The first-order valence-electron chi connectivity index (χ1n) is 2.59. The van der Waals surface area contributed by atoms with Gasteiger partial charge in [0.15, 0.2) is 0 Å². The van der Waals surface area contributed by atoms with Crippen LogP contribution < -0.4 is 4.74 Å². The second kappa shape index (κ2) is 2.92. The van der Waals surface area contributed by atoms with Gasteiger partial charge in [0.2, 0.25) is 0 Å². The molecule has 0 heterocycles. The van der Waals surface area contributed by atoms with E-state index >= 15 is 0 Å². The topological polar surface area (TPSA) is 9.23 Å². The maximum absolute atomic E-state index is 4.88. The lowest BCUT2D eigenvalue weighted by Crippen LogP contribution is -1.77. The quantitative estimate of drug-likeness (QED) is 0.538. The van der Waals surface area contributed by atoms with Crippen LogP contribution in [0.4, 0.5) is 0 Å². The standard InChI is InChI=1S/C8H6O/c1-2-9-8-6-4-3-5-7-8/h2-4,7H,1H2. The van der Waals surface area contributed by atoms with Gasteiger partial charge in [-0.25, -0.2) is 0 Å². The van der Waals surface area contributed by atoms with Gasteiger partial charge in [0, 0.05) is 6.07 Å². The molecule has 0 bridgehead atoms. The number of rotatable bonds is 2. The highest BCUT2D eigenvalue weighted by Gasteiger charge is 1.83. The normalized spacial score (nSPS) is 8.44. The molecule has 1 rings (SSSR count). The first-order valence-corrected chi connectivity index (χ1v) is 2.59. The van der Waals surface area contributed by atoms with Crippen molar-refractivity contribution in [3.05, 3.63) is 43.2 Å². The molecule has 0 aromatic heterocycles. The van der Waals surface area contributed by atoms with Gasteiger partial charge in [-0.1, -0.05) is 12.6 Å². The van der Waals surface area contributed by atoms with Crippen molar-refractivity contribution in [2.24, 2.45) is 0 Å². The summed E-state index contributed by atoms with van der Waals surface area (Å²) in [6.07, 6.45) is 1.36. The van der Waals surface area contributed by atoms with E-state index in [9.17, 15) is 0 Å². The van der Waals surface area contributed by atoms with Gasteiger partial charge in [-0.05, 0) is 18.2 Å². The predicted octanol–water partition coefficient (Wildman–Crippen LogP) is 1.81. The Labute approximate surface area is 54.6 Å². The van der Waals surface area contributed by atoms with Crippen molar-refractivity contribution in [1.82, 2.24) is 0 Å². The Bertz CT molecular complexity index is 179. The second-order valence-electron chi connectivity index (χ2n) is 1.44. The van der Waals surface area contributed by atoms with Crippen LogP contribution in [0.3, 0.4) is 0 Å². The van der Waals surface area contributed by atoms with Crippen molar-refractivity contribution in [1.29, 1.82) is 0 Å². The van der Waals surface area contributed by atoms with E-state index in [0.29, 0.717) is 5.75 Å². The van der Waals surface area contributed by atoms with Gasteiger partial charge >= 0.3 is 0 Å². The van der Waals surface area contributed by atoms with Gasteiger partial charge in [-0.2, -0.15) is 0 Å². The summed E-state index contributed by atoms with van der Waals surface area (Å²) in [5.41, 5.74) is 0. The molecule has 0 aliphatic rings. The van der Waals surface area contributed by atoms with Crippen molar-refractivity contribution in [3.8, 4) is 5.75 Å². The molecule has 9 heavy (non-hydrogen) atoms. The first-order chi connectivity index (χ1) is 4.43. The molecule has 0 spiro atoms. The molecule has 1 nitrogen and oxygen atoms in total. The molecule has 1 aromatic rings. The lowest BCUT2D eigenvalue weighted by atomic mass is 10.3. The lowest BCUT2D eigenvalue weighted by molar-refractivity contribution is 0.482. The van der Waals surface area contributed by atoms with Crippen LogP contribution in [0.5, 0.6) is 5.75 Å². The van der Waals surface area contributed by atoms with Crippen LogP contribution in [0.1, 0.15) is 0 Å². The van der Waals surface area contributed by atoms with Gasteiger partial charge in [0.05, 0.1) is 6.26 Å². The zero-order chi connectivity index (χ0) is 6.53. The second-order valence-corrected chi connectivity index (χ2v) is 1.44. The highest BCUT2D eigenvalue weighted by atomic mass is 16.5. The average molecular weight is 118 g/mol. The van der Waals surface area contributed by atoms with Crippen LogP contribution in [0, 0.1) is 12.1 Å². The highest BCUT2D eigenvalue weighted by molar-refractivity contribution is 5.18. The Balaban J connectivity index is 2.72. The van der Waals surface area contributed by atoms with Crippen LogP contribution >= 0.6 is 0 Å². The van der Waals surface area contributed by atoms with Gasteiger partial charge in [0.1, 0.15) is 5.75 Å². The van der Waals surface area contributed by atoms with Gasteiger partial charge in [-0.3, -0.25) is 0 Å². The van der Waals surface area contributed by atoms with E-state index in [2.05, 4.69) is 18.7 Å². The van der Waals surface area contributed by atoms with Crippen molar-refractivity contribution in [2.75, 3.05) is 0 Å². The van der Waals surface area contributed by atoms with Gasteiger partial charge < -0.3 is 4.74 Å². The SMILES string of the molecule is C=COc1[c]cc[c]c1. The smallest absolute Gasteiger partial charge is 0.135 e. The van der Waals surface area contributed by atoms with Crippen LogP contribution in [-0.4, -0.2) is 0 Å². The van der Waals surface area contributed by atoms with Gasteiger partial charge in [-0.15, -0.1) is 0 Å². The van der Waals surface area contributed by atoms with Crippen molar-refractivity contribution >= 4 is 0 Å². The highest BCUT2D eigenvalue weighted by Crippen LogP contribution is 2.05. The Kier molecular flexibility index (Phi) is 1.91. The minimum atomic E-state index is 0.646. The van der Waals surface area contributed by atoms with E-state index in [1.54, 1.807) is 18.2 Å². The Morgan fingerprint density at radius 3 is 3.00 bits per heavy atom. The molecule has 0 aliphatic carbocycles. The summed E-state index contributed by atoms with van der Waals surface area (Å²) in [4.78, 5) is 0. The Hall–Kier alpha value is -1.24. The van der Waals surface area contributed by atoms with Crippen molar-refractivity contribution in [3.63, 3.8) is 0 Å². The predicted molar refractivity (Wildman–Crippen MR) is 34.9 cm³/mol. The fourth-order valence-corrected chi connectivity index (χ4v) is 0.495. The Morgan fingerprint density at radius 1 is 1.56 bits per heavy atom. The summed E-state index contributed by atoms with van der Waals surface area (Å²) in [5.74, 6) is 0.646. The molecular formula is C8H6O. The molecule has 2 radical (unpaired) electrons. The van der Waals surface area contributed by atoms with Gasteiger partial charge in [0.25, 0.3) is 0 Å². The van der Waals surface area contributed by atoms with Crippen LogP contribution in [0.2, 0.25) is 0 Å². The maximum atomic E-state index is 4.88. The average Bonchev–Trinajstić information content (AvgIpc) is 1.91. The zero-order valence-electron chi connectivity index (χ0n) is 4.92. The molecular weight excluding hydrogens is 112 g/mol. The van der Waals surface area contributed by atoms with Crippen molar-refractivity contribution < 1.29 is 4.74 Å². The van der Waals surface area contributed by atoms with Crippen LogP contribution in [0.25, 0.3) is 0 Å². The zero-order valence-corrected chi connectivity index (χ0v) is 4.92. The molecule has 1 aromatic carbocycles. The maximum Gasteiger partial charge on any atom is 0.135 e. The number of benzene rings is 1. The minimum absolute atomic E-state index is 0.646. The summed E-state index contributed by atoms with van der Waals surface area (Å²) in [5, 5.41) is 0. The largest absolute Gasteiger partial charge is 0.465 e. The number of ether oxygens (including phenoxy) is 1. The first kappa shape index (κ1) is 5.89. The molecule has 44 valence electrons. The molecule has 0 saturated heterocycles. The molecule has 0 unspecified atom stereocenters. The minimum Gasteiger partial charge on any atom is -0.465 e. The molecule has 0 fully saturated rings. The fraction of sp³-hybridized carbons (Fsp3) is 0. The van der Waals surface area contributed by atoms with Crippen molar-refractivity contribution in [2.45, 2.75) is 0 Å². The Morgan fingerprint density at radius 2 is 2.44 bits per heavy atom. The fourth-order valence-electron chi connectivity index (χ4n) is 0.495. The van der Waals surface area contributed by atoms with E-state index in [1.165, 1.54) is 6.26 Å². The number of hydrogen-bond acceptors (Lipinski definition) is 1. The summed E-state index contributed by atoms with van der Waals surface area (Å²) < 4.78 is 4.88. The third-order valence-corrected chi connectivity index (χ3v) is 0.830. The molecule has 0 saturated carbocycles. The lowest BCUT2D eigenvalue weighted by Gasteiger charge is -1.94. The number of hydrogen-bond donors (Lipinski definition) is 0. The summed E-state index contributed by atoms with van der Waals surface area (Å²) in [7, 11) is 0.